The predicted octanol–water partition coefficient (Wildman–Crippen LogP) is 2.01. The van der Waals surface area contributed by atoms with E-state index in [0.717, 1.165) is 0 Å². The van der Waals surface area contributed by atoms with Crippen molar-refractivity contribution >= 4 is 17.6 Å². The van der Waals surface area contributed by atoms with E-state index in [-0.39, 0.29) is 28.5 Å². The summed E-state index contributed by atoms with van der Waals surface area (Å²) >= 11 is 5.79. The number of halogens is 1. The standard InChI is InChI=1S/C10H11ClO4/c1-5(10(14)15)4-6-7(11)2-3-8(12)9(6)13/h2-3,5,12-13H,4H2,1H3,(H,14,15). The van der Waals surface area contributed by atoms with Crippen molar-refractivity contribution < 1.29 is 20.1 Å². The second-order valence-electron chi connectivity index (χ2n) is 3.34. The molecule has 0 aliphatic heterocycles. The molecule has 0 heterocycles. The van der Waals surface area contributed by atoms with E-state index in [9.17, 15) is 15.0 Å². The Bertz CT molecular complexity index is 389. The molecule has 0 fully saturated rings. The SMILES string of the molecule is CC(Cc1c(Cl)ccc(O)c1O)C(=O)O. The fourth-order valence-corrected chi connectivity index (χ4v) is 1.42. The fraction of sp³-hybridized carbons (Fsp3) is 0.300. The molecule has 1 atom stereocenters. The summed E-state index contributed by atoms with van der Waals surface area (Å²) in [5, 5.41) is 27.7. The van der Waals surface area contributed by atoms with E-state index in [1.54, 1.807) is 0 Å². The van der Waals surface area contributed by atoms with Gasteiger partial charge in [0.2, 0.25) is 0 Å². The molecule has 15 heavy (non-hydrogen) atoms. The van der Waals surface area contributed by atoms with E-state index in [0.29, 0.717) is 0 Å². The highest BCUT2D eigenvalue weighted by Crippen LogP contribution is 2.35. The number of hydrogen-bond acceptors (Lipinski definition) is 3. The van der Waals surface area contributed by atoms with Gasteiger partial charge in [0.05, 0.1) is 5.92 Å². The molecule has 82 valence electrons. The van der Waals surface area contributed by atoms with Crippen molar-refractivity contribution in [2.45, 2.75) is 13.3 Å². The first kappa shape index (κ1) is 11.7. The molecule has 0 saturated carbocycles. The maximum atomic E-state index is 10.6. The zero-order chi connectivity index (χ0) is 11.6. The number of phenols is 2. The van der Waals surface area contributed by atoms with Gasteiger partial charge in [0.1, 0.15) is 0 Å². The summed E-state index contributed by atoms with van der Waals surface area (Å²) in [4.78, 5) is 10.6. The largest absolute Gasteiger partial charge is 0.504 e. The smallest absolute Gasteiger partial charge is 0.306 e. The summed E-state index contributed by atoms with van der Waals surface area (Å²) in [6, 6.07) is 2.67. The number of rotatable bonds is 3. The van der Waals surface area contributed by atoms with Crippen LogP contribution in [0.1, 0.15) is 12.5 Å². The number of phenolic OH excluding ortho intramolecular Hbond substituents is 2. The Kier molecular flexibility index (Phi) is 3.42. The molecular formula is C10H11ClO4. The second kappa shape index (κ2) is 4.40. The van der Waals surface area contributed by atoms with Crippen LogP contribution in [0.15, 0.2) is 12.1 Å². The molecule has 1 rings (SSSR count). The van der Waals surface area contributed by atoms with Gasteiger partial charge in [0, 0.05) is 10.6 Å². The Morgan fingerprint density at radius 3 is 2.60 bits per heavy atom. The predicted molar refractivity (Wildman–Crippen MR) is 55.3 cm³/mol. The number of aromatic hydroxyl groups is 2. The van der Waals surface area contributed by atoms with Gasteiger partial charge in [-0.05, 0) is 18.6 Å². The van der Waals surface area contributed by atoms with Crippen LogP contribution in [0.4, 0.5) is 0 Å². The lowest BCUT2D eigenvalue weighted by Gasteiger charge is -2.10. The summed E-state index contributed by atoms with van der Waals surface area (Å²) in [6.07, 6.45) is 0.0778. The molecule has 1 aromatic carbocycles. The van der Waals surface area contributed by atoms with E-state index in [1.807, 2.05) is 0 Å². The van der Waals surface area contributed by atoms with E-state index in [4.69, 9.17) is 16.7 Å². The van der Waals surface area contributed by atoms with Crippen molar-refractivity contribution in [2.24, 2.45) is 5.92 Å². The summed E-state index contributed by atoms with van der Waals surface area (Å²) in [6.45, 7) is 1.50. The number of aliphatic carboxylic acids is 1. The van der Waals surface area contributed by atoms with E-state index < -0.39 is 11.9 Å². The summed E-state index contributed by atoms with van der Waals surface area (Å²) in [7, 11) is 0. The zero-order valence-corrected chi connectivity index (χ0v) is 8.82. The van der Waals surface area contributed by atoms with Crippen LogP contribution < -0.4 is 0 Å². The van der Waals surface area contributed by atoms with Crippen LogP contribution in [0.2, 0.25) is 5.02 Å². The molecule has 5 heteroatoms. The van der Waals surface area contributed by atoms with Gasteiger partial charge in [-0.2, -0.15) is 0 Å². The zero-order valence-electron chi connectivity index (χ0n) is 8.07. The third-order valence-corrected chi connectivity index (χ3v) is 2.49. The van der Waals surface area contributed by atoms with Crippen molar-refractivity contribution in [1.82, 2.24) is 0 Å². The van der Waals surface area contributed by atoms with Gasteiger partial charge in [-0.1, -0.05) is 18.5 Å². The third-order valence-electron chi connectivity index (χ3n) is 2.14. The second-order valence-corrected chi connectivity index (χ2v) is 3.74. The molecule has 0 spiro atoms. The summed E-state index contributed by atoms with van der Waals surface area (Å²) < 4.78 is 0. The number of carboxylic acid groups (broad SMARTS) is 1. The number of benzene rings is 1. The molecule has 0 bridgehead atoms. The van der Waals surface area contributed by atoms with Crippen molar-refractivity contribution in [2.75, 3.05) is 0 Å². The molecule has 3 N–H and O–H groups in total. The van der Waals surface area contributed by atoms with Crippen molar-refractivity contribution in [3.05, 3.63) is 22.7 Å². The maximum absolute atomic E-state index is 10.6. The summed E-state index contributed by atoms with van der Waals surface area (Å²) in [5.74, 6) is -2.30. The fourth-order valence-electron chi connectivity index (χ4n) is 1.19. The highest BCUT2D eigenvalue weighted by Gasteiger charge is 2.18. The minimum Gasteiger partial charge on any atom is -0.504 e. The first-order valence-electron chi connectivity index (χ1n) is 4.35. The molecule has 0 aliphatic carbocycles. The minimum absolute atomic E-state index is 0.0778. The summed E-state index contributed by atoms with van der Waals surface area (Å²) in [5.41, 5.74) is 0.256. The van der Waals surface area contributed by atoms with Gasteiger partial charge in [-0.25, -0.2) is 0 Å². The highest BCUT2D eigenvalue weighted by atomic mass is 35.5. The lowest BCUT2D eigenvalue weighted by atomic mass is 10.00. The van der Waals surface area contributed by atoms with Crippen LogP contribution in [-0.2, 0) is 11.2 Å². The monoisotopic (exact) mass is 230 g/mol. The maximum Gasteiger partial charge on any atom is 0.306 e. The Balaban J connectivity index is 3.03. The van der Waals surface area contributed by atoms with Crippen LogP contribution in [0.25, 0.3) is 0 Å². The van der Waals surface area contributed by atoms with Gasteiger partial charge >= 0.3 is 5.97 Å². The van der Waals surface area contributed by atoms with Gasteiger partial charge in [0.25, 0.3) is 0 Å². The van der Waals surface area contributed by atoms with E-state index in [2.05, 4.69) is 0 Å². The topological polar surface area (TPSA) is 77.8 Å². The number of hydrogen-bond donors (Lipinski definition) is 3. The molecule has 4 nitrogen and oxygen atoms in total. The normalized spacial score (nSPS) is 12.4. The van der Waals surface area contributed by atoms with Crippen LogP contribution in [0.5, 0.6) is 11.5 Å². The van der Waals surface area contributed by atoms with Crippen LogP contribution in [-0.4, -0.2) is 21.3 Å². The third kappa shape index (κ3) is 2.53. The Morgan fingerprint density at radius 1 is 1.47 bits per heavy atom. The molecule has 0 radical (unpaired) electrons. The molecule has 1 unspecified atom stereocenters. The van der Waals surface area contributed by atoms with Gasteiger partial charge in [0.15, 0.2) is 11.5 Å². The average Bonchev–Trinajstić information content (AvgIpc) is 2.18. The highest BCUT2D eigenvalue weighted by molar-refractivity contribution is 6.31. The lowest BCUT2D eigenvalue weighted by Crippen LogP contribution is -2.12. The van der Waals surface area contributed by atoms with Crippen molar-refractivity contribution in [1.29, 1.82) is 0 Å². The van der Waals surface area contributed by atoms with Gasteiger partial charge in [-0.3, -0.25) is 4.79 Å². The minimum atomic E-state index is -0.978. The van der Waals surface area contributed by atoms with Gasteiger partial charge < -0.3 is 15.3 Å². The van der Waals surface area contributed by atoms with E-state index in [1.165, 1.54) is 19.1 Å². The van der Waals surface area contributed by atoms with E-state index >= 15 is 0 Å². The Morgan fingerprint density at radius 2 is 2.07 bits per heavy atom. The Labute approximate surface area is 91.7 Å². The first-order valence-corrected chi connectivity index (χ1v) is 4.73. The number of carboxylic acids is 1. The van der Waals surface area contributed by atoms with Crippen molar-refractivity contribution in [3.8, 4) is 11.5 Å². The molecule has 0 aromatic heterocycles. The molecule has 0 aliphatic rings. The quantitative estimate of drug-likeness (QED) is 0.695. The van der Waals surface area contributed by atoms with Gasteiger partial charge in [-0.15, -0.1) is 0 Å². The van der Waals surface area contributed by atoms with Crippen LogP contribution in [0.3, 0.4) is 0 Å². The molecule has 0 saturated heterocycles. The van der Waals surface area contributed by atoms with Crippen LogP contribution in [0, 0.1) is 5.92 Å². The average molecular weight is 231 g/mol. The molecule has 0 amide bonds. The molecule has 1 aromatic rings. The van der Waals surface area contributed by atoms with Crippen LogP contribution >= 0.6 is 11.6 Å². The first-order chi connectivity index (χ1) is 6.93. The molecular weight excluding hydrogens is 220 g/mol. The Hall–Kier alpha value is -1.42. The number of carbonyl (C=O) groups is 1. The lowest BCUT2D eigenvalue weighted by molar-refractivity contribution is -0.141. The van der Waals surface area contributed by atoms with Crippen molar-refractivity contribution in [3.63, 3.8) is 0 Å².